The number of rotatable bonds is 8. The average Bonchev–Trinajstić information content (AvgIpc) is 2.72. The number of pyridine rings is 1. The molecule has 1 saturated heterocycles. The maximum Gasteiger partial charge on any atom is 0.410 e. The molecule has 10 heteroatoms. The van der Waals surface area contributed by atoms with E-state index in [2.05, 4.69) is 24.1 Å². The first kappa shape index (κ1) is 26.9. The maximum absolute atomic E-state index is 12.3. The van der Waals surface area contributed by atoms with Gasteiger partial charge >= 0.3 is 18.0 Å². The monoisotopic (exact) mass is 451 g/mol. The first-order valence-electron chi connectivity index (χ1n) is 10.5. The lowest BCUT2D eigenvalue weighted by Gasteiger charge is -2.38. The summed E-state index contributed by atoms with van der Waals surface area (Å²) >= 11 is 0. The molecule has 1 aromatic heterocycles. The third-order valence-corrected chi connectivity index (χ3v) is 4.51. The molecule has 2 atom stereocenters. The first-order chi connectivity index (χ1) is 15.1. The Morgan fingerprint density at radius 2 is 1.75 bits per heavy atom. The summed E-state index contributed by atoms with van der Waals surface area (Å²) in [5, 5.41) is 18.9. The van der Waals surface area contributed by atoms with Gasteiger partial charge in [-0.1, -0.05) is 13.8 Å². The zero-order chi connectivity index (χ0) is 24.1. The van der Waals surface area contributed by atoms with E-state index < -0.39 is 11.9 Å². The van der Waals surface area contributed by atoms with Gasteiger partial charge in [-0.3, -0.25) is 0 Å². The number of carbonyl (C=O) groups excluding carboxylic acids is 1. The molecule has 0 spiro atoms. The van der Waals surface area contributed by atoms with E-state index >= 15 is 0 Å². The highest BCUT2D eigenvalue weighted by Gasteiger charge is 2.29. The van der Waals surface area contributed by atoms with Gasteiger partial charge in [-0.15, -0.1) is 0 Å². The van der Waals surface area contributed by atoms with Crippen LogP contribution in [-0.4, -0.2) is 69.9 Å². The van der Waals surface area contributed by atoms with E-state index in [4.69, 9.17) is 19.7 Å². The van der Waals surface area contributed by atoms with Gasteiger partial charge in [0.25, 0.3) is 0 Å². The van der Waals surface area contributed by atoms with Crippen molar-refractivity contribution in [2.75, 3.05) is 19.7 Å². The number of ether oxygens (including phenoxy) is 2. The van der Waals surface area contributed by atoms with Crippen LogP contribution in [0.25, 0.3) is 0 Å². The van der Waals surface area contributed by atoms with Gasteiger partial charge < -0.3 is 29.9 Å². The van der Waals surface area contributed by atoms with Crippen LogP contribution >= 0.6 is 0 Å². The largest absolute Gasteiger partial charge is 0.478 e. The maximum atomic E-state index is 12.3. The van der Waals surface area contributed by atoms with E-state index in [0.29, 0.717) is 30.6 Å². The molecule has 2 unspecified atom stereocenters. The Morgan fingerprint density at radius 1 is 1.16 bits per heavy atom. The van der Waals surface area contributed by atoms with Gasteiger partial charge in [-0.2, -0.15) is 0 Å². The Hall–Kier alpha value is -3.14. The normalized spacial score (nSPS) is 18.1. The summed E-state index contributed by atoms with van der Waals surface area (Å²) in [6, 6.07) is 3.97. The molecule has 0 aromatic carbocycles. The van der Waals surface area contributed by atoms with Crippen LogP contribution in [0.15, 0.2) is 30.5 Å². The zero-order valence-electron chi connectivity index (χ0n) is 19.0. The summed E-state index contributed by atoms with van der Waals surface area (Å²) in [4.78, 5) is 37.5. The molecule has 2 heterocycles. The zero-order valence-corrected chi connectivity index (χ0v) is 19.0. The van der Waals surface area contributed by atoms with Gasteiger partial charge in [0.1, 0.15) is 6.61 Å². The van der Waals surface area contributed by atoms with Gasteiger partial charge in [-0.25, -0.2) is 19.4 Å². The standard InChI is InChI=1S/C18H29N3O3.C4H4O4/c1-13(2)7-8-23-17-6-5-16(11-20-17)12-24-18(22)21-14(3)9-19-10-15(21)4;5-3(6)1-2-4(7)8/h5-6,11,13-15,19H,7-10,12H2,1-4H3;1-2H,(H,5,6)(H,7,8). The third kappa shape index (κ3) is 10.8. The summed E-state index contributed by atoms with van der Waals surface area (Å²) in [6.45, 7) is 10.8. The molecule has 10 nitrogen and oxygen atoms in total. The number of nitrogens with zero attached hydrogens (tertiary/aromatic N) is 2. The molecule has 1 aliphatic rings. The summed E-state index contributed by atoms with van der Waals surface area (Å²) < 4.78 is 11.0. The fourth-order valence-electron chi connectivity index (χ4n) is 2.84. The topological polar surface area (TPSA) is 138 Å². The van der Waals surface area contributed by atoms with Crippen LogP contribution in [-0.2, 0) is 20.9 Å². The second-order valence-electron chi connectivity index (χ2n) is 7.86. The van der Waals surface area contributed by atoms with Crippen LogP contribution in [0.4, 0.5) is 4.79 Å². The molecule has 1 amide bonds. The van der Waals surface area contributed by atoms with Crippen molar-refractivity contribution in [3.05, 3.63) is 36.0 Å². The predicted octanol–water partition coefficient (Wildman–Crippen LogP) is 2.54. The minimum atomic E-state index is -1.26. The second kappa shape index (κ2) is 14.0. The van der Waals surface area contributed by atoms with Crippen LogP contribution in [0.3, 0.4) is 0 Å². The SMILES string of the molecule is CC(C)CCOc1ccc(COC(=O)N2C(C)CNCC2C)cn1.O=C(O)C=CC(=O)O. The van der Waals surface area contributed by atoms with Crippen molar-refractivity contribution in [3.63, 3.8) is 0 Å². The van der Waals surface area contributed by atoms with Gasteiger partial charge in [0.05, 0.1) is 6.61 Å². The molecule has 3 N–H and O–H groups in total. The Kier molecular flexibility index (Phi) is 11.8. The molecule has 178 valence electrons. The molecule has 2 rings (SSSR count). The van der Waals surface area contributed by atoms with Crippen molar-refractivity contribution in [3.8, 4) is 5.88 Å². The second-order valence-corrected chi connectivity index (χ2v) is 7.86. The number of aromatic nitrogens is 1. The molecule has 0 bridgehead atoms. The molecular weight excluding hydrogens is 418 g/mol. The minimum Gasteiger partial charge on any atom is -0.478 e. The van der Waals surface area contributed by atoms with Crippen molar-refractivity contribution in [2.24, 2.45) is 5.92 Å². The highest BCUT2D eigenvalue weighted by molar-refractivity contribution is 5.89. The summed E-state index contributed by atoms with van der Waals surface area (Å²) in [6.07, 6.45) is 3.55. The van der Waals surface area contributed by atoms with E-state index in [0.717, 1.165) is 25.1 Å². The van der Waals surface area contributed by atoms with E-state index in [-0.39, 0.29) is 24.8 Å². The molecule has 1 aliphatic heterocycles. The van der Waals surface area contributed by atoms with Crippen LogP contribution in [0, 0.1) is 5.92 Å². The summed E-state index contributed by atoms with van der Waals surface area (Å²) in [5.74, 6) is -1.30. The van der Waals surface area contributed by atoms with E-state index in [1.165, 1.54) is 0 Å². The molecule has 1 fully saturated rings. The van der Waals surface area contributed by atoms with Crippen molar-refractivity contribution in [1.82, 2.24) is 15.2 Å². The Bertz CT molecular complexity index is 739. The minimum absolute atomic E-state index is 0.135. The summed E-state index contributed by atoms with van der Waals surface area (Å²) in [7, 11) is 0. The lowest BCUT2D eigenvalue weighted by Crippen LogP contribution is -2.57. The van der Waals surface area contributed by atoms with Gasteiger partial charge in [-0.05, 0) is 32.3 Å². The van der Waals surface area contributed by atoms with Crippen LogP contribution in [0.2, 0.25) is 0 Å². The lowest BCUT2D eigenvalue weighted by molar-refractivity contribution is -0.134. The molecule has 0 aliphatic carbocycles. The number of hydrogen-bond donors (Lipinski definition) is 3. The highest BCUT2D eigenvalue weighted by Crippen LogP contribution is 2.14. The van der Waals surface area contributed by atoms with Crippen molar-refractivity contribution in [1.29, 1.82) is 0 Å². The highest BCUT2D eigenvalue weighted by atomic mass is 16.6. The van der Waals surface area contributed by atoms with Crippen LogP contribution < -0.4 is 10.1 Å². The fraction of sp³-hybridized carbons (Fsp3) is 0.545. The Morgan fingerprint density at radius 3 is 2.22 bits per heavy atom. The number of carboxylic acids is 2. The van der Waals surface area contributed by atoms with E-state index in [9.17, 15) is 14.4 Å². The van der Waals surface area contributed by atoms with Crippen molar-refractivity contribution >= 4 is 18.0 Å². The number of aliphatic carboxylic acids is 2. The quantitative estimate of drug-likeness (QED) is 0.509. The predicted molar refractivity (Wildman–Crippen MR) is 117 cm³/mol. The average molecular weight is 452 g/mol. The Balaban J connectivity index is 0.000000547. The number of nitrogens with one attached hydrogen (secondary N) is 1. The van der Waals surface area contributed by atoms with E-state index in [1.807, 2.05) is 26.0 Å². The number of hydrogen-bond acceptors (Lipinski definition) is 7. The van der Waals surface area contributed by atoms with Crippen LogP contribution in [0.1, 0.15) is 39.7 Å². The van der Waals surface area contributed by atoms with Crippen molar-refractivity contribution < 1.29 is 34.1 Å². The molecule has 1 aromatic rings. The summed E-state index contributed by atoms with van der Waals surface area (Å²) in [5.41, 5.74) is 0.856. The molecule has 0 saturated carbocycles. The van der Waals surface area contributed by atoms with Gasteiger partial charge in [0.15, 0.2) is 0 Å². The van der Waals surface area contributed by atoms with Gasteiger partial charge in [0.2, 0.25) is 5.88 Å². The number of amides is 1. The number of carbonyl (C=O) groups is 3. The number of carboxylic acid groups (broad SMARTS) is 2. The van der Waals surface area contributed by atoms with Crippen LogP contribution in [0.5, 0.6) is 5.88 Å². The van der Waals surface area contributed by atoms with Gasteiger partial charge in [0, 0.05) is 55.2 Å². The molecule has 0 radical (unpaired) electrons. The smallest absolute Gasteiger partial charge is 0.410 e. The van der Waals surface area contributed by atoms with Crippen molar-refractivity contribution in [2.45, 2.75) is 52.8 Å². The number of piperazine rings is 1. The van der Waals surface area contributed by atoms with E-state index in [1.54, 1.807) is 11.1 Å². The fourth-order valence-corrected chi connectivity index (χ4v) is 2.84. The first-order valence-corrected chi connectivity index (χ1v) is 10.5. The third-order valence-electron chi connectivity index (χ3n) is 4.51. The molecular formula is C22H33N3O7. The lowest BCUT2D eigenvalue weighted by atomic mass is 10.1. The molecule has 32 heavy (non-hydrogen) atoms. The Labute approximate surface area is 188 Å².